The van der Waals surface area contributed by atoms with Gasteiger partial charge >= 0.3 is 6.03 Å². The molecule has 1 unspecified atom stereocenters. The minimum Gasteiger partial charge on any atom is -0.368 e. The Labute approximate surface area is 203 Å². The van der Waals surface area contributed by atoms with Crippen molar-refractivity contribution in [2.24, 2.45) is 10.8 Å². The molecule has 1 atom stereocenters. The Bertz CT molecular complexity index is 1270. The van der Waals surface area contributed by atoms with Gasteiger partial charge in [0.25, 0.3) is 5.91 Å². The standard InChI is InChI=1S/C26H26N6O3/c1-17-7-5-9-19(13-17)29-26(35)30-20-10-6-8-18(14-20)16-28-25(34)22-15-23(24(27)33)32(31-22)21-11-3-2-4-12-21/h2-14,23H,15-16H2,1H3,(H2,27,33)(H,28,34)(H2,29,30,35). The molecule has 3 aromatic carbocycles. The van der Waals surface area contributed by atoms with Crippen LogP contribution in [0, 0.1) is 6.92 Å². The Balaban J connectivity index is 1.36. The summed E-state index contributed by atoms with van der Waals surface area (Å²) >= 11 is 0. The Morgan fingerprint density at radius 1 is 0.943 bits per heavy atom. The Hall–Kier alpha value is -4.66. The summed E-state index contributed by atoms with van der Waals surface area (Å²) in [6.07, 6.45) is 0.122. The van der Waals surface area contributed by atoms with Crippen molar-refractivity contribution in [3.8, 4) is 0 Å². The summed E-state index contributed by atoms with van der Waals surface area (Å²) in [5.41, 5.74) is 9.56. The van der Waals surface area contributed by atoms with Crippen LogP contribution in [0.25, 0.3) is 0 Å². The molecule has 0 bridgehead atoms. The SMILES string of the molecule is Cc1cccc(NC(=O)Nc2cccc(CNC(=O)C3=NN(c4ccccc4)C(C(N)=O)C3)c2)c1. The van der Waals surface area contributed by atoms with Crippen LogP contribution < -0.4 is 26.7 Å². The highest BCUT2D eigenvalue weighted by Crippen LogP contribution is 2.24. The number of aryl methyl sites for hydroxylation is 1. The van der Waals surface area contributed by atoms with Gasteiger partial charge in [-0.2, -0.15) is 5.10 Å². The minimum atomic E-state index is -0.724. The van der Waals surface area contributed by atoms with Crippen LogP contribution in [-0.4, -0.2) is 29.6 Å². The van der Waals surface area contributed by atoms with Gasteiger partial charge in [0.15, 0.2) is 0 Å². The monoisotopic (exact) mass is 470 g/mol. The number of nitrogens with one attached hydrogen (secondary N) is 3. The lowest BCUT2D eigenvalue weighted by molar-refractivity contribution is -0.119. The molecule has 1 heterocycles. The van der Waals surface area contributed by atoms with Crippen molar-refractivity contribution in [3.05, 3.63) is 90.0 Å². The molecule has 0 saturated carbocycles. The predicted molar refractivity (Wildman–Crippen MR) is 136 cm³/mol. The van der Waals surface area contributed by atoms with E-state index in [2.05, 4.69) is 21.1 Å². The Morgan fingerprint density at radius 3 is 2.31 bits per heavy atom. The smallest absolute Gasteiger partial charge is 0.323 e. The molecule has 0 saturated heterocycles. The molecule has 0 aromatic heterocycles. The third kappa shape index (κ3) is 6.02. The van der Waals surface area contributed by atoms with Gasteiger partial charge in [-0.15, -0.1) is 0 Å². The van der Waals surface area contributed by atoms with Crippen LogP contribution >= 0.6 is 0 Å². The van der Waals surface area contributed by atoms with Crippen LogP contribution in [0.3, 0.4) is 0 Å². The van der Waals surface area contributed by atoms with Gasteiger partial charge < -0.3 is 21.7 Å². The fourth-order valence-corrected chi connectivity index (χ4v) is 3.75. The number of primary amides is 1. The van der Waals surface area contributed by atoms with E-state index in [1.54, 1.807) is 30.3 Å². The molecular weight excluding hydrogens is 444 g/mol. The average molecular weight is 471 g/mol. The topological polar surface area (TPSA) is 129 Å². The molecule has 1 aliphatic rings. The highest BCUT2D eigenvalue weighted by Gasteiger charge is 2.34. The number of hydrazone groups is 1. The van der Waals surface area contributed by atoms with Gasteiger partial charge in [-0.05, 0) is 54.4 Å². The maximum Gasteiger partial charge on any atom is 0.323 e. The van der Waals surface area contributed by atoms with Gasteiger partial charge in [0.05, 0.1) is 5.69 Å². The number of urea groups is 1. The van der Waals surface area contributed by atoms with E-state index in [0.717, 1.165) is 11.1 Å². The van der Waals surface area contributed by atoms with E-state index in [1.165, 1.54) is 5.01 Å². The van der Waals surface area contributed by atoms with Gasteiger partial charge in [0.1, 0.15) is 11.8 Å². The highest BCUT2D eigenvalue weighted by atomic mass is 16.2. The lowest BCUT2D eigenvalue weighted by Gasteiger charge is -2.20. The molecule has 5 N–H and O–H groups in total. The van der Waals surface area contributed by atoms with Crippen molar-refractivity contribution in [2.75, 3.05) is 15.6 Å². The number of para-hydroxylation sites is 1. The number of nitrogens with two attached hydrogens (primary N) is 1. The molecule has 178 valence electrons. The van der Waals surface area contributed by atoms with Crippen LogP contribution in [0.1, 0.15) is 17.5 Å². The summed E-state index contributed by atoms with van der Waals surface area (Å²) in [5.74, 6) is -0.937. The van der Waals surface area contributed by atoms with Crippen LogP contribution in [0.15, 0.2) is 84.0 Å². The molecule has 35 heavy (non-hydrogen) atoms. The third-order valence-electron chi connectivity index (χ3n) is 5.44. The number of hydrogen-bond donors (Lipinski definition) is 4. The molecule has 9 nitrogen and oxygen atoms in total. The quantitative estimate of drug-likeness (QED) is 0.422. The van der Waals surface area contributed by atoms with E-state index >= 15 is 0 Å². The van der Waals surface area contributed by atoms with E-state index in [9.17, 15) is 14.4 Å². The summed E-state index contributed by atoms with van der Waals surface area (Å²) in [4.78, 5) is 37.0. The van der Waals surface area contributed by atoms with Gasteiger partial charge in [-0.3, -0.25) is 14.6 Å². The van der Waals surface area contributed by atoms with Crippen molar-refractivity contribution in [3.63, 3.8) is 0 Å². The first-order valence-electron chi connectivity index (χ1n) is 11.1. The molecule has 4 rings (SSSR count). The van der Waals surface area contributed by atoms with E-state index < -0.39 is 11.9 Å². The summed E-state index contributed by atoms with van der Waals surface area (Å²) in [5, 5.41) is 14.2. The summed E-state index contributed by atoms with van der Waals surface area (Å²) in [6, 6.07) is 22.7. The molecule has 0 aliphatic carbocycles. The zero-order chi connectivity index (χ0) is 24.8. The molecule has 1 aliphatic heterocycles. The van der Waals surface area contributed by atoms with Gasteiger partial charge in [-0.1, -0.05) is 42.5 Å². The van der Waals surface area contributed by atoms with Crippen molar-refractivity contribution in [1.82, 2.24) is 5.32 Å². The molecular formula is C26H26N6O3. The number of nitrogens with zero attached hydrogens (tertiary/aromatic N) is 2. The summed E-state index contributed by atoms with van der Waals surface area (Å²) < 4.78 is 0. The molecule has 0 radical (unpaired) electrons. The maximum atomic E-state index is 12.8. The van der Waals surface area contributed by atoms with Crippen LogP contribution in [0.5, 0.6) is 0 Å². The number of amides is 4. The zero-order valence-corrected chi connectivity index (χ0v) is 19.2. The highest BCUT2D eigenvalue weighted by molar-refractivity contribution is 6.40. The van der Waals surface area contributed by atoms with Crippen molar-refractivity contribution >= 4 is 40.6 Å². The first-order chi connectivity index (χ1) is 16.9. The normalized spacial score (nSPS) is 14.7. The summed E-state index contributed by atoms with van der Waals surface area (Å²) in [7, 11) is 0. The van der Waals surface area contributed by atoms with Crippen LogP contribution in [-0.2, 0) is 16.1 Å². The number of hydrogen-bond acceptors (Lipinski definition) is 5. The predicted octanol–water partition coefficient (Wildman–Crippen LogP) is 3.38. The van der Waals surface area contributed by atoms with Crippen LogP contribution in [0.4, 0.5) is 21.9 Å². The molecule has 0 spiro atoms. The first-order valence-corrected chi connectivity index (χ1v) is 11.1. The van der Waals surface area contributed by atoms with Gasteiger partial charge in [-0.25, -0.2) is 4.79 Å². The summed E-state index contributed by atoms with van der Waals surface area (Å²) in [6.45, 7) is 2.17. The van der Waals surface area contributed by atoms with Gasteiger partial charge in [0.2, 0.25) is 5.91 Å². The molecule has 3 aromatic rings. The second-order valence-corrected chi connectivity index (χ2v) is 8.18. The number of benzene rings is 3. The Morgan fingerprint density at radius 2 is 1.63 bits per heavy atom. The molecule has 0 fully saturated rings. The molecule has 9 heteroatoms. The fraction of sp³-hybridized carbons (Fsp3) is 0.154. The fourth-order valence-electron chi connectivity index (χ4n) is 3.75. The van der Waals surface area contributed by atoms with Crippen molar-refractivity contribution in [1.29, 1.82) is 0 Å². The third-order valence-corrected chi connectivity index (χ3v) is 5.44. The maximum absolute atomic E-state index is 12.8. The minimum absolute atomic E-state index is 0.122. The number of carbonyl (C=O) groups excluding carboxylic acids is 3. The zero-order valence-electron chi connectivity index (χ0n) is 19.2. The second-order valence-electron chi connectivity index (χ2n) is 8.18. The number of rotatable bonds is 7. The van der Waals surface area contributed by atoms with Crippen molar-refractivity contribution in [2.45, 2.75) is 25.9 Å². The number of carbonyl (C=O) groups is 3. The van der Waals surface area contributed by atoms with E-state index in [4.69, 9.17) is 5.73 Å². The average Bonchev–Trinajstić information content (AvgIpc) is 3.29. The first kappa shape index (κ1) is 23.5. The van der Waals surface area contributed by atoms with Crippen LogP contribution in [0.2, 0.25) is 0 Å². The van der Waals surface area contributed by atoms with E-state index in [1.807, 2.05) is 55.5 Å². The second kappa shape index (κ2) is 10.5. The van der Waals surface area contributed by atoms with Crippen molar-refractivity contribution < 1.29 is 14.4 Å². The number of anilines is 3. The van der Waals surface area contributed by atoms with Gasteiger partial charge in [0, 0.05) is 24.3 Å². The largest absolute Gasteiger partial charge is 0.368 e. The van der Waals surface area contributed by atoms with E-state index in [0.29, 0.717) is 17.1 Å². The Kier molecular flexibility index (Phi) is 7.06. The molecule has 4 amide bonds. The van der Waals surface area contributed by atoms with E-state index in [-0.39, 0.29) is 30.6 Å². The lowest BCUT2D eigenvalue weighted by Crippen LogP contribution is -2.39. The lowest BCUT2D eigenvalue weighted by atomic mass is 10.1.